The monoisotopic (exact) mass is 248 g/mol. The molecule has 2 rings (SSSR count). The Bertz CT molecular complexity index is 559. The van der Waals surface area contributed by atoms with E-state index in [1.165, 1.54) is 0 Å². The highest BCUT2D eigenvalue weighted by atomic mass is 35.5. The Morgan fingerprint density at radius 2 is 2.29 bits per heavy atom. The Morgan fingerprint density at radius 3 is 2.94 bits per heavy atom. The maximum atomic E-state index is 7.61. The molecule has 1 aromatic carbocycles. The fourth-order valence-electron chi connectivity index (χ4n) is 1.80. The molecular formula is C12H13ClN4. The SMILES string of the molecule is CCc1nccn1-c1cccc(Cl)c1C(=N)N. The van der Waals surface area contributed by atoms with Crippen LogP contribution in [-0.2, 0) is 6.42 Å². The molecule has 4 nitrogen and oxygen atoms in total. The number of benzene rings is 1. The summed E-state index contributed by atoms with van der Waals surface area (Å²) in [6.45, 7) is 2.02. The van der Waals surface area contributed by atoms with Crippen LogP contribution in [0.15, 0.2) is 30.6 Å². The smallest absolute Gasteiger partial charge is 0.126 e. The number of halogens is 1. The van der Waals surface area contributed by atoms with Crippen LogP contribution in [0, 0.1) is 5.41 Å². The van der Waals surface area contributed by atoms with Crippen LogP contribution in [0.1, 0.15) is 18.3 Å². The summed E-state index contributed by atoms with van der Waals surface area (Å²) in [6.07, 6.45) is 4.37. The van der Waals surface area contributed by atoms with E-state index in [0.717, 1.165) is 17.9 Å². The number of hydrogen-bond donors (Lipinski definition) is 2. The van der Waals surface area contributed by atoms with Crippen LogP contribution >= 0.6 is 11.6 Å². The zero-order valence-corrected chi connectivity index (χ0v) is 10.2. The third-order valence-corrected chi connectivity index (χ3v) is 2.87. The highest BCUT2D eigenvalue weighted by molar-refractivity contribution is 6.34. The number of hydrogen-bond acceptors (Lipinski definition) is 2. The maximum absolute atomic E-state index is 7.61. The lowest BCUT2D eigenvalue weighted by Gasteiger charge is -2.12. The van der Waals surface area contributed by atoms with Gasteiger partial charge in [-0.2, -0.15) is 0 Å². The summed E-state index contributed by atoms with van der Waals surface area (Å²) in [4.78, 5) is 4.25. The molecule has 0 saturated heterocycles. The van der Waals surface area contributed by atoms with Gasteiger partial charge in [-0.15, -0.1) is 0 Å². The molecule has 0 amide bonds. The molecule has 0 aliphatic heterocycles. The maximum Gasteiger partial charge on any atom is 0.126 e. The first-order valence-electron chi connectivity index (χ1n) is 5.30. The van der Waals surface area contributed by atoms with Crippen LogP contribution < -0.4 is 5.73 Å². The lowest BCUT2D eigenvalue weighted by Crippen LogP contribution is -2.16. The normalized spacial score (nSPS) is 10.5. The zero-order chi connectivity index (χ0) is 12.4. The highest BCUT2D eigenvalue weighted by Crippen LogP contribution is 2.23. The van der Waals surface area contributed by atoms with Crippen LogP contribution in [0.3, 0.4) is 0 Å². The number of nitrogens with one attached hydrogen (secondary N) is 1. The topological polar surface area (TPSA) is 67.7 Å². The minimum absolute atomic E-state index is 0.0404. The summed E-state index contributed by atoms with van der Waals surface area (Å²) in [5, 5.41) is 8.08. The largest absolute Gasteiger partial charge is 0.384 e. The summed E-state index contributed by atoms with van der Waals surface area (Å²) in [5.41, 5.74) is 6.91. The van der Waals surface area contributed by atoms with Crippen molar-refractivity contribution in [3.05, 3.63) is 47.0 Å². The summed E-state index contributed by atoms with van der Waals surface area (Å²) >= 11 is 6.08. The Balaban J connectivity index is 2.67. The minimum Gasteiger partial charge on any atom is -0.384 e. The van der Waals surface area contributed by atoms with E-state index in [9.17, 15) is 0 Å². The van der Waals surface area contributed by atoms with Gasteiger partial charge in [0.2, 0.25) is 0 Å². The zero-order valence-electron chi connectivity index (χ0n) is 9.44. The van der Waals surface area contributed by atoms with Crippen molar-refractivity contribution in [3.63, 3.8) is 0 Å². The lowest BCUT2D eigenvalue weighted by atomic mass is 10.1. The quantitative estimate of drug-likeness (QED) is 0.647. The standard InChI is InChI=1S/C12H13ClN4/c1-2-10-16-6-7-17(10)9-5-3-4-8(13)11(9)12(14)15/h3-7H,2H2,1H3,(H3,14,15). The number of nitrogens with zero attached hydrogens (tertiary/aromatic N) is 2. The molecule has 0 aliphatic carbocycles. The molecular weight excluding hydrogens is 236 g/mol. The summed E-state index contributed by atoms with van der Waals surface area (Å²) < 4.78 is 1.91. The van der Waals surface area contributed by atoms with Crippen molar-refractivity contribution in [1.29, 1.82) is 5.41 Å². The number of aromatic nitrogens is 2. The van der Waals surface area contributed by atoms with Crippen LogP contribution in [0.4, 0.5) is 0 Å². The van der Waals surface area contributed by atoms with E-state index in [1.54, 1.807) is 12.3 Å². The van der Waals surface area contributed by atoms with Crippen molar-refractivity contribution >= 4 is 17.4 Å². The first-order valence-corrected chi connectivity index (χ1v) is 5.68. The molecule has 0 radical (unpaired) electrons. The van der Waals surface area contributed by atoms with Gasteiger partial charge in [0.15, 0.2) is 0 Å². The van der Waals surface area contributed by atoms with E-state index in [4.69, 9.17) is 22.7 Å². The molecule has 0 saturated carbocycles. The van der Waals surface area contributed by atoms with Crippen molar-refractivity contribution in [3.8, 4) is 5.69 Å². The number of nitrogen functional groups attached to an aromatic ring is 1. The van der Waals surface area contributed by atoms with Gasteiger partial charge in [-0.25, -0.2) is 4.98 Å². The Kier molecular flexibility index (Phi) is 3.15. The average molecular weight is 249 g/mol. The summed E-state index contributed by atoms with van der Waals surface area (Å²) in [5.74, 6) is 0.871. The number of rotatable bonds is 3. The second kappa shape index (κ2) is 4.59. The fraction of sp³-hybridized carbons (Fsp3) is 0.167. The van der Waals surface area contributed by atoms with Crippen LogP contribution in [0.2, 0.25) is 5.02 Å². The first-order chi connectivity index (χ1) is 8.15. The second-order valence-corrected chi connectivity index (χ2v) is 4.02. The fourth-order valence-corrected chi connectivity index (χ4v) is 2.07. The molecule has 0 unspecified atom stereocenters. The Labute approximate surface area is 105 Å². The van der Waals surface area contributed by atoms with E-state index < -0.39 is 0 Å². The molecule has 88 valence electrons. The summed E-state index contributed by atoms with van der Waals surface area (Å²) in [6, 6.07) is 5.44. The molecule has 3 N–H and O–H groups in total. The number of amidine groups is 1. The molecule has 0 atom stereocenters. The van der Waals surface area contributed by atoms with Gasteiger partial charge in [0.05, 0.1) is 16.3 Å². The molecule has 17 heavy (non-hydrogen) atoms. The van der Waals surface area contributed by atoms with E-state index in [-0.39, 0.29) is 5.84 Å². The predicted octanol–water partition coefficient (Wildman–Crippen LogP) is 2.37. The molecule has 0 aliphatic rings. The number of imidazole rings is 1. The Hall–Kier alpha value is -1.81. The van der Waals surface area contributed by atoms with Gasteiger partial charge in [0, 0.05) is 18.8 Å². The van der Waals surface area contributed by atoms with E-state index >= 15 is 0 Å². The third kappa shape index (κ3) is 2.03. The van der Waals surface area contributed by atoms with Crippen molar-refractivity contribution in [1.82, 2.24) is 9.55 Å². The lowest BCUT2D eigenvalue weighted by molar-refractivity contribution is 0.889. The second-order valence-electron chi connectivity index (χ2n) is 3.61. The van der Waals surface area contributed by atoms with Gasteiger partial charge < -0.3 is 10.3 Å². The van der Waals surface area contributed by atoms with E-state index in [2.05, 4.69) is 4.98 Å². The molecule has 2 aromatic rings. The van der Waals surface area contributed by atoms with Crippen molar-refractivity contribution in [2.75, 3.05) is 0 Å². The molecule has 5 heteroatoms. The van der Waals surface area contributed by atoms with Crippen molar-refractivity contribution in [2.24, 2.45) is 5.73 Å². The van der Waals surface area contributed by atoms with Crippen LogP contribution in [0.25, 0.3) is 5.69 Å². The third-order valence-electron chi connectivity index (χ3n) is 2.55. The summed E-state index contributed by atoms with van der Waals surface area (Å²) in [7, 11) is 0. The minimum atomic E-state index is -0.0404. The number of aryl methyl sites for hydroxylation is 1. The molecule has 1 aromatic heterocycles. The van der Waals surface area contributed by atoms with E-state index in [1.807, 2.05) is 29.8 Å². The average Bonchev–Trinajstić information content (AvgIpc) is 2.75. The molecule has 0 bridgehead atoms. The molecule has 0 spiro atoms. The van der Waals surface area contributed by atoms with Gasteiger partial charge in [-0.3, -0.25) is 5.41 Å². The molecule has 1 heterocycles. The van der Waals surface area contributed by atoms with Gasteiger partial charge in [-0.05, 0) is 12.1 Å². The molecule has 0 fully saturated rings. The predicted molar refractivity (Wildman–Crippen MR) is 69.0 cm³/mol. The Morgan fingerprint density at radius 1 is 1.53 bits per heavy atom. The van der Waals surface area contributed by atoms with Crippen molar-refractivity contribution < 1.29 is 0 Å². The van der Waals surface area contributed by atoms with Crippen molar-refractivity contribution in [2.45, 2.75) is 13.3 Å². The number of nitrogens with two attached hydrogens (primary N) is 1. The van der Waals surface area contributed by atoms with Gasteiger partial charge >= 0.3 is 0 Å². The van der Waals surface area contributed by atoms with Crippen LogP contribution in [-0.4, -0.2) is 15.4 Å². The van der Waals surface area contributed by atoms with Gasteiger partial charge in [0.1, 0.15) is 11.7 Å². The van der Waals surface area contributed by atoms with Gasteiger partial charge in [-0.1, -0.05) is 24.6 Å². The van der Waals surface area contributed by atoms with Gasteiger partial charge in [0.25, 0.3) is 0 Å². The first kappa shape index (κ1) is 11.7. The van der Waals surface area contributed by atoms with Crippen LogP contribution in [0.5, 0.6) is 0 Å². The highest BCUT2D eigenvalue weighted by Gasteiger charge is 2.13. The van der Waals surface area contributed by atoms with E-state index in [0.29, 0.717) is 10.6 Å².